The maximum atomic E-state index is 12.6. The fourth-order valence-corrected chi connectivity index (χ4v) is 2.49. The summed E-state index contributed by atoms with van der Waals surface area (Å²) in [7, 11) is 3.98. The molecule has 2 amide bonds. The monoisotopic (exact) mass is 343 g/mol. The highest BCUT2D eigenvalue weighted by atomic mass is 16.3. The van der Waals surface area contributed by atoms with E-state index >= 15 is 0 Å². The summed E-state index contributed by atoms with van der Waals surface area (Å²) in [6.07, 6.45) is 1.43. The Hall–Kier alpha value is -2.60. The number of carbonyl (C=O) groups is 2. The van der Waals surface area contributed by atoms with Crippen molar-refractivity contribution in [3.8, 4) is 0 Å². The van der Waals surface area contributed by atoms with Crippen LogP contribution in [0.5, 0.6) is 0 Å². The minimum Gasteiger partial charge on any atom is -0.459 e. The molecule has 1 atom stereocenters. The van der Waals surface area contributed by atoms with E-state index in [0.29, 0.717) is 5.69 Å². The predicted octanol–water partition coefficient (Wildman–Crippen LogP) is 2.73. The van der Waals surface area contributed by atoms with E-state index in [9.17, 15) is 9.59 Å². The molecule has 134 valence electrons. The van der Waals surface area contributed by atoms with E-state index in [1.807, 2.05) is 52.2 Å². The Kier molecular flexibility index (Phi) is 6.36. The van der Waals surface area contributed by atoms with Crippen LogP contribution >= 0.6 is 0 Å². The molecule has 0 spiro atoms. The molecular formula is C19H25N3O3. The van der Waals surface area contributed by atoms with E-state index in [4.69, 9.17) is 4.42 Å². The van der Waals surface area contributed by atoms with Gasteiger partial charge in [0.25, 0.3) is 5.91 Å². The molecule has 1 aromatic carbocycles. The van der Waals surface area contributed by atoms with Crippen molar-refractivity contribution in [2.24, 2.45) is 5.92 Å². The van der Waals surface area contributed by atoms with Crippen LogP contribution in [-0.4, -0.2) is 36.9 Å². The van der Waals surface area contributed by atoms with Crippen LogP contribution in [0.4, 0.5) is 5.69 Å². The number of rotatable bonds is 7. The van der Waals surface area contributed by atoms with Crippen LogP contribution in [0.25, 0.3) is 0 Å². The molecule has 1 aromatic heterocycles. The summed E-state index contributed by atoms with van der Waals surface area (Å²) >= 11 is 0. The highest BCUT2D eigenvalue weighted by Gasteiger charge is 2.25. The smallest absolute Gasteiger partial charge is 0.287 e. The molecule has 25 heavy (non-hydrogen) atoms. The molecule has 0 aliphatic heterocycles. The van der Waals surface area contributed by atoms with Crippen molar-refractivity contribution in [1.29, 1.82) is 0 Å². The predicted molar refractivity (Wildman–Crippen MR) is 97.3 cm³/mol. The first kappa shape index (κ1) is 18.7. The van der Waals surface area contributed by atoms with Crippen molar-refractivity contribution in [2.75, 3.05) is 19.4 Å². The number of furan rings is 1. The molecule has 2 N–H and O–H groups in total. The summed E-state index contributed by atoms with van der Waals surface area (Å²) in [5, 5.41) is 5.62. The van der Waals surface area contributed by atoms with Gasteiger partial charge in [0, 0.05) is 12.2 Å². The van der Waals surface area contributed by atoms with E-state index in [-0.39, 0.29) is 17.6 Å². The van der Waals surface area contributed by atoms with Crippen LogP contribution in [0.15, 0.2) is 47.1 Å². The molecule has 6 heteroatoms. The van der Waals surface area contributed by atoms with Crippen LogP contribution < -0.4 is 10.6 Å². The molecule has 2 rings (SSSR count). The fraction of sp³-hybridized carbons (Fsp3) is 0.368. The van der Waals surface area contributed by atoms with Gasteiger partial charge in [-0.3, -0.25) is 9.59 Å². The van der Waals surface area contributed by atoms with Crippen molar-refractivity contribution >= 4 is 17.5 Å². The van der Waals surface area contributed by atoms with Gasteiger partial charge in [-0.25, -0.2) is 0 Å². The molecule has 0 aliphatic carbocycles. The van der Waals surface area contributed by atoms with Gasteiger partial charge < -0.3 is 20.0 Å². The molecule has 0 fully saturated rings. The fourth-order valence-electron chi connectivity index (χ4n) is 2.49. The molecule has 1 unspecified atom stereocenters. The largest absolute Gasteiger partial charge is 0.459 e. The normalized spacial score (nSPS) is 12.2. The molecule has 0 aliphatic rings. The zero-order valence-electron chi connectivity index (χ0n) is 15.1. The third kappa shape index (κ3) is 5.46. The Morgan fingerprint density at radius 3 is 2.52 bits per heavy atom. The molecular weight excluding hydrogens is 318 g/mol. The number of nitrogens with one attached hydrogen (secondary N) is 2. The number of hydrogen-bond acceptors (Lipinski definition) is 4. The zero-order valence-corrected chi connectivity index (χ0v) is 15.1. The summed E-state index contributed by atoms with van der Waals surface area (Å²) in [6, 6.07) is 10.2. The summed E-state index contributed by atoms with van der Waals surface area (Å²) in [5.74, 6) is -0.535. The first-order chi connectivity index (χ1) is 11.9. The van der Waals surface area contributed by atoms with E-state index in [1.54, 1.807) is 12.1 Å². The third-order valence-electron chi connectivity index (χ3n) is 3.67. The zero-order chi connectivity index (χ0) is 18.4. The van der Waals surface area contributed by atoms with E-state index in [0.717, 1.165) is 12.1 Å². The molecule has 6 nitrogen and oxygen atoms in total. The van der Waals surface area contributed by atoms with Crippen LogP contribution in [-0.2, 0) is 11.3 Å². The minimum absolute atomic E-state index is 0.0659. The molecule has 0 saturated heterocycles. The topological polar surface area (TPSA) is 74.6 Å². The number of carbonyl (C=O) groups excluding carboxylic acids is 2. The average molecular weight is 343 g/mol. The molecule has 0 radical (unpaired) electrons. The summed E-state index contributed by atoms with van der Waals surface area (Å²) < 4.78 is 5.08. The van der Waals surface area contributed by atoms with E-state index in [1.165, 1.54) is 6.26 Å². The summed E-state index contributed by atoms with van der Waals surface area (Å²) in [6.45, 7) is 4.55. The second kappa shape index (κ2) is 8.48. The van der Waals surface area contributed by atoms with Gasteiger partial charge in [-0.05, 0) is 49.8 Å². The van der Waals surface area contributed by atoms with Gasteiger partial charge in [-0.2, -0.15) is 0 Å². The number of amides is 2. The van der Waals surface area contributed by atoms with Crippen LogP contribution in [0.1, 0.15) is 30.0 Å². The summed E-state index contributed by atoms with van der Waals surface area (Å²) in [5.41, 5.74) is 1.81. The second-order valence-corrected chi connectivity index (χ2v) is 6.60. The summed E-state index contributed by atoms with van der Waals surface area (Å²) in [4.78, 5) is 26.8. The average Bonchev–Trinajstić information content (AvgIpc) is 3.06. The first-order valence-corrected chi connectivity index (χ1v) is 8.25. The van der Waals surface area contributed by atoms with E-state index in [2.05, 4.69) is 15.5 Å². The number of hydrogen-bond donors (Lipinski definition) is 2. The first-order valence-electron chi connectivity index (χ1n) is 8.25. The van der Waals surface area contributed by atoms with Gasteiger partial charge in [0.1, 0.15) is 6.04 Å². The lowest BCUT2D eigenvalue weighted by Crippen LogP contribution is -2.47. The van der Waals surface area contributed by atoms with Crippen LogP contribution in [0, 0.1) is 5.92 Å². The van der Waals surface area contributed by atoms with Crippen molar-refractivity contribution in [2.45, 2.75) is 26.4 Å². The maximum absolute atomic E-state index is 12.6. The number of anilines is 1. The van der Waals surface area contributed by atoms with Gasteiger partial charge in [-0.15, -0.1) is 0 Å². The van der Waals surface area contributed by atoms with Gasteiger partial charge in [0.2, 0.25) is 5.91 Å². The Bertz CT molecular complexity index is 708. The van der Waals surface area contributed by atoms with Crippen LogP contribution in [0.2, 0.25) is 0 Å². The Morgan fingerprint density at radius 1 is 1.16 bits per heavy atom. The lowest BCUT2D eigenvalue weighted by Gasteiger charge is -2.21. The highest BCUT2D eigenvalue weighted by Crippen LogP contribution is 2.14. The molecule has 1 heterocycles. The minimum atomic E-state index is -0.657. The van der Waals surface area contributed by atoms with Gasteiger partial charge in [-0.1, -0.05) is 26.0 Å². The highest BCUT2D eigenvalue weighted by molar-refractivity contribution is 6.00. The number of benzene rings is 1. The molecule has 0 saturated carbocycles. The van der Waals surface area contributed by atoms with Gasteiger partial charge >= 0.3 is 0 Å². The lowest BCUT2D eigenvalue weighted by atomic mass is 10.0. The van der Waals surface area contributed by atoms with E-state index < -0.39 is 11.9 Å². The van der Waals surface area contributed by atoms with Crippen molar-refractivity contribution in [3.05, 3.63) is 54.0 Å². The SMILES string of the molecule is CC(C)C(NC(=O)c1ccco1)C(=O)Nc1cccc(CN(C)C)c1. The third-order valence-corrected chi connectivity index (χ3v) is 3.67. The number of nitrogens with zero attached hydrogens (tertiary/aromatic N) is 1. The Morgan fingerprint density at radius 2 is 1.92 bits per heavy atom. The van der Waals surface area contributed by atoms with Crippen molar-refractivity contribution < 1.29 is 14.0 Å². The van der Waals surface area contributed by atoms with Gasteiger partial charge in [0.05, 0.1) is 6.26 Å². The molecule has 2 aromatic rings. The Balaban J connectivity index is 2.06. The standard InChI is InChI=1S/C19H25N3O3/c1-13(2)17(21-18(23)16-9-6-10-25-16)19(24)20-15-8-5-7-14(11-15)12-22(3)4/h5-11,13,17H,12H2,1-4H3,(H,20,24)(H,21,23). The maximum Gasteiger partial charge on any atom is 0.287 e. The van der Waals surface area contributed by atoms with Crippen molar-refractivity contribution in [1.82, 2.24) is 10.2 Å². The Labute approximate surface area is 148 Å². The molecule has 0 bridgehead atoms. The quantitative estimate of drug-likeness (QED) is 0.811. The van der Waals surface area contributed by atoms with Crippen molar-refractivity contribution in [3.63, 3.8) is 0 Å². The van der Waals surface area contributed by atoms with Gasteiger partial charge in [0.15, 0.2) is 5.76 Å². The second-order valence-electron chi connectivity index (χ2n) is 6.60. The lowest BCUT2D eigenvalue weighted by molar-refractivity contribution is -0.118. The van der Waals surface area contributed by atoms with Crippen LogP contribution in [0.3, 0.4) is 0 Å².